The summed E-state index contributed by atoms with van der Waals surface area (Å²) in [6.45, 7) is 11.9. The maximum absolute atomic E-state index is 15.2. The molecule has 7 atom stereocenters. The topological polar surface area (TPSA) is 0 Å². The van der Waals surface area contributed by atoms with Crippen molar-refractivity contribution in [1.29, 1.82) is 0 Å². The van der Waals surface area contributed by atoms with E-state index >= 15 is 4.39 Å². The summed E-state index contributed by atoms with van der Waals surface area (Å²) >= 11 is 0.00977. The first-order valence-electron chi connectivity index (χ1n) is 19.7. The zero-order chi connectivity index (χ0) is 41.6. The van der Waals surface area contributed by atoms with Gasteiger partial charge in [-0.2, -0.15) is 35.1 Å². The van der Waals surface area contributed by atoms with Gasteiger partial charge in [0.25, 0.3) is 5.67 Å². The van der Waals surface area contributed by atoms with Gasteiger partial charge in [0.2, 0.25) is 5.00 Å². The summed E-state index contributed by atoms with van der Waals surface area (Å²) < 4.78 is 150. The minimum atomic E-state index is -5.91. The molecular weight excluding hydrogens is 765 g/mol. The van der Waals surface area contributed by atoms with Crippen LogP contribution in [0, 0.1) is 34.0 Å². The summed E-state index contributed by atoms with van der Waals surface area (Å²) in [5.41, 5.74) is 1.16. The molecule has 0 aromatic heterocycles. The van der Waals surface area contributed by atoms with E-state index in [9.17, 15) is 48.3 Å². The Balaban J connectivity index is 0.000000876. The highest BCUT2D eigenvalue weighted by molar-refractivity contribution is 7.99. The van der Waals surface area contributed by atoms with Crippen molar-refractivity contribution in [3.63, 3.8) is 0 Å². The molecule has 0 saturated heterocycles. The summed E-state index contributed by atoms with van der Waals surface area (Å²) in [7, 11) is 0. The number of rotatable bonds is 9. The van der Waals surface area contributed by atoms with E-state index in [1.165, 1.54) is 69.8 Å². The van der Waals surface area contributed by atoms with E-state index in [4.69, 9.17) is 0 Å². The Labute approximate surface area is 323 Å². The molecular formula is C42H58F12S. The molecule has 55 heavy (non-hydrogen) atoms. The van der Waals surface area contributed by atoms with Gasteiger partial charge >= 0.3 is 24.7 Å². The zero-order valence-electron chi connectivity index (χ0n) is 33.0. The number of benzene rings is 1. The van der Waals surface area contributed by atoms with Gasteiger partial charge < -0.3 is 0 Å². The van der Waals surface area contributed by atoms with E-state index in [1.54, 1.807) is 23.3 Å². The molecule has 1 spiro atoms. The van der Waals surface area contributed by atoms with Crippen molar-refractivity contribution < 1.29 is 52.7 Å². The van der Waals surface area contributed by atoms with E-state index in [0.717, 1.165) is 19.3 Å². The average Bonchev–Trinajstić information content (AvgIpc) is 3.09. The van der Waals surface area contributed by atoms with Crippen LogP contribution >= 0.6 is 11.8 Å². The standard InChI is InChI=1S/C40H57F7S.C2HF5/c1-8-10-32-30-16-15-28-23-38(21-19-34(3,4)20-22-38)18-17-29(28)33(30)31(24-35(32,5)9-2)27-13-11-26(12-14-27)25-48-37(7,42)39(43,44)36(6,41)40(45,46)47;3-1(4)2(5,6)7/h11-14,28,30-32H,8-10,15-25H2,1-7H3;1H. The molecule has 0 heterocycles. The molecule has 3 saturated carbocycles. The van der Waals surface area contributed by atoms with E-state index < -0.39 is 35.4 Å². The lowest BCUT2D eigenvalue weighted by molar-refractivity contribution is -0.311. The van der Waals surface area contributed by atoms with Crippen LogP contribution in [0.25, 0.3) is 0 Å². The lowest BCUT2D eigenvalue weighted by Crippen LogP contribution is -2.61. The maximum atomic E-state index is 15.2. The minimum absolute atomic E-state index is 0.00977. The zero-order valence-corrected chi connectivity index (χ0v) is 33.9. The second-order valence-corrected chi connectivity index (χ2v) is 19.6. The van der Waals surface area contributed by atoms with E-state index in [1.807, 2.05) is 12.1 Å². The van der Waals surface area contributed by atoms with Crippen molar-refractivity contribution >= 4 is 11.8 Å². The predicted octanol–water partition coefficient (Wildman–Crippen LogP) is 15.8. The smallest absolute Gasteiger partial charge is 0.227 e. The molecule has 316 valence electrons. The van der Waals surface area contributed by atoms with Crippen molar-refractivity contribution in [2.45, 2.75) is 179 Å². The number of alkyl halides is 12. The van der Waals surface area contributed by atoms with Crippen LogP contribution in [0.15, 0.2) is 35.4 Å². The van der Waals surface area contributed by atoms with Crippen molar-refractivity contribution in [1.82, 2.24) is 0 Å². The lowest BCUT2D eigenvalue weighted by Gasteiger charge is -2.57. The van der Waals surface area contributed by atoms with Crippen LogP contribution in [-0.2, 0) is 5.75 Å². The second kappa shape index (κ2) is 16.3. The fraction of sp³-hybridized carbons (Fsp3) is 0.810. The molecule has 3 fully saturated rings. The Bertz CT molecular complexity index is 1460. The Hall–Kier alpha value is -1.53. The third kappa shape index (κ3) is 9.52. The highest BCUT2D eigenvalue weighted by Crippen LogP contribution is 2.64. The summed E-state index contributed by atoms with van der Waals surface area (Å²) in [6.07, 6.45) is 0.631. The first kappa shape index (κ1) is 46.2. The molecule has 7 unspecified atom stereocenters. The molecule has 0 radical (unpaired) electrons. The molecule has 0 N–H and O–H groups in total. The molecule has 0 nitrogen and oxygen atoms in total. The SMILES string of the molecule is CCCC1C2CCC3CC4(CCC3=C2C(c2ccc(CSC(C)(F)C(F)(F)C(C)(F)C(F)(F)F)cc2)CC1(C)CC)CCC(C)(C)CC4.FC(F)C(F)(F)F. The summed E-state index contributed by atoms with van der Waals surface area (Å²) in [4.78, 5) is 0. The average molecular weight is 823 g/mol. The molecule has 1 aromatic carbocycles. The van der Waals surface area contributed by atoms with Crippen molar-refractivity contribution in [2.75, 3.05) is 0 Å². The predicted molar refractivity (Wildman–Crippen MR) is 196 cm³/mol. The number of hydrogen-bond donors (Lipinski definition) is 0. The Morgan fingerprint density at radius 2 is 1.35 bits per heavy atom. The van der Waals surface area contributed by atoms with Crippen LogP contribution in [0.3, 0.4) is 0 Å². The van der Waals surface area contributed by atoms with Crippen LogP contribution in [0.4, 0.5) is 52.7 Å². The third-order valence-corrected chi connectivity index (χ3v) is 15.3. The van der Waals surface area contributed by atoms with Gasteiger partial charge in [-0.25, -0.2) is 17.6 Å². The van der Waals surface area contributed by atoms with Gasteiger partial charge in [0.05, 0.1) is 0 Å². The summed E-state index contributed by atoms with van der Waals surface area (Å²) in [6, 6.07) is 7.61. The van der Waals surface area contributed by atoms with Crippen LogP contribution in [0.5, 0.6) is 0 Å². The van der Waals surface area contributed by atoms with Gasteiger partial charge in [-0.05, 0) is 130 Å². The Kier molecular flexibility index (Phi) is 13.6. The van der Waals surface area contributed by atoms with Gasteiger partial charge in [0.1, 0.15) is 0 Å². The van der Waals surface area contributed by atoms with E-state index in [2.05, 4.69) is 34.6 Å². The first-order valence-corrected chi connectivity index (χ1v) is 20.7. The highest BCUT2D eigenvalue weighted by atomic mass is 32.2. The first-order chi connectivity index (χ1) is 25.1. The van der Waals surface area contributed by atoms with Crippen LogP contribution in [-0.4, -0.2) is 35.4 Å². The van der Waals surface area contributed by atoms with Crippen molar-refractivity contribution in [2.24, 2.45) is 34.0 Å². The van der Waals surface area contributed by atoms with Crippen molar-refractivity contribution in [3.05, 3.63) is 46.5 Å². The quantitative estimate of drug-likeness (QED) is 0.177. The number of thioether (sulfide) groups is 1. The van der Waals surface area contributed by atoms with Gasteiger partial charge in [0.15, 0.2) is 0 Å². The molecule has 5 rings (SSSR count). The van der Waals surface area contributed by atoms with Gasteiger partial charge in [-0.1, -0.05) is 82.9 Å². The molecule has 13 heteroatoms. The fourth-order valence-electron chi connectivity index (χ4n) is 10.1. The molecule has 1 aromatic rings. The minimum Gasteiger partial charge on any atom is -0.227 e. The molecule has 0 aliphatic heterocycles. The second-order valence-electron chi connectivity index (χ2n) is 18.3. The number of hydrogen-bond acceptors (Lipinski definition) is 1. The summed E-state index contributed by atoms with van der Waals surface area (Å²) in [5, 5.41) is -3.77. The molecule has 4 aliphatic carbocycles. The van der Waals surface area contributed by atoms with Crippen LogP contribution in [0.2, 0.25) is 0 Å². The van der Waals surface area contributed by atoms with E-state index in [0.29, 0.717) is 41.1 Å². The third-order valence-electron chi connectivity index (χ3n) is 14.0. The Morgan fingerprint density at radius 3 is 1.84 bits per heavy atom. The number of allylic oxidation sites excluding steroid dienone is 2. The van der Waals surface area contributed by atoms with Crippen LogP contribution < -0.4 is 0 Å². The highest BCUT2D eigenvalue weighted by Gasteiger charge is 2.75. The van der Waals surface area contributed by atoms with Gasteiger partial charge in [-0.15, -0.1) is 11.8 Å². The molecule has 4 aliphatic rings. The maximum Gasteiger partial charge on any atom is 0.450 e. The van der Waals surface area contributed by atoms with E-state index in [-0.39, 0.29) is 35.8 Å². The van der Waals surface area contributed by atoms with Crippen molar-refractivity contribution in [3.8, 4) is 0 Å². The van der Waals surface area contributed by atoms with Crippen LogP contribution in [0.1, 0.15) is 149 Å². The van der Waals surface area contributed by atoms with Gasteiger partial charge in [0, 0.05) is 11.7 Å². The lowest BCUT2D eigenvalue weighted by atomic mass is 9.48. The Morgan fingerprint density at radius 1 is 0.782 bits per heavy atom. The largest absolute Gasteiger partial charge is 0.450 e. The monoisotopic (exact) mass is 822 g/mol. The normalized spacial score (nSPS) is 30.5. The van der Waals surface area contributed by atoms with Gasteiger partial charge in [-0.3, -0.25) is 0 Å². The number of fused-ring (bicyclic) bond motifs is 2. The summed E-state index contributed by atoms with van der Waals surface area (Å²) in [5.74, 6) is -3.51. The molecule has 0 amide bonds. The fourth-order valence-corrected chi connectivity index (χ4v) is 11.1. The molecule has 0 bridgehead atoms. The number of halogens is 12.